The van der Waals surface area contributed by atoms with Gasteiger partial charge in [-0.05, 0) is 36.8 Å². The predicted molar refractivity (Wildman–Crippen MR) is 64.9 cm³/mol. The molecule has 0 saturated carbocycles. The molecule has 2 N–H and O–H groups in total. The Morgan fingerprint density at radius 2 is 1.90 bits per heavy atom. The van der Waals surface area contributed by atoms with Crippen molar-refractivity contribution in [3.05, 3.63) is 47.4 Å². The van der Waals surface area contributed by atoms with Gasteiger partial charge in [0.05, 0.1) is 11.3 Å². The summed E-state index contributed by atoms with van der Waals surface area (Å²) in [5.74, 6) is -1.58. The maximum atomic E-state index is 13.1. The van der Waals surface area contributed by atoms with Gasteiger partial charge in [0.15, 0.2) is 0 Å². The third-order valence-corrected chi connectivity index (χ3v) is 2.63. The highest BCUT2D eigenvalue weighted by Crippen LogP contribution is 2.35. The standard InChI is InChI=1S/C13H10F4N2O/c1-7-4-5-19-12(11(7)18)20-8-2-3-10(14)9(6-8)13(15,16)17/h2-6H,18H2,1H3. The van der Waals surface area contributed by atoms with Crippen LogP contribution in [0.1, 0.15) is 11.1 Å². The van der Waals surface area contributed by atoms with Gasteiger partial charge in [0, 0.05) is 6.20 Å². The fourth-order valence-corrected chi connectivity index (χ4v) is 1.52. The van der Waals surface area contributed by atoms with Crippen LogP contribution < -0.4 is 10.5 Å². The summed E-state index contributed by atoms with van der Waals surface area (Å²) < 4.78 is 56.0. The molecule has 7 heteroatoms. The van der Waals surface area contributed by atoms with Crippen LogP contribution in [0.15, 0.2) is 30.5 Å². The van der Waals surface area contributed by atoms with Crippen molar-refractivity contribution in [1.29, 1.82) is 0 Å². The number of hydrogen-bond donors (Lipinski definition) is 1. The normalized spacial score (nSPS) is 11.4. The van der Waals surface area contributed by atoms with Gasteiger partial charge in [-0.25, -0.2) is 9.37 Å². The van der Waals surface area contributed by atoms with Crippen LogP contribution in [0.25, 0.3) is 0 Å². The second-order valence-electron chi connectivity index (χ2n) is 4.09. The maximum Gasteiger partial charge on any atom is 0.419 e. The van der Waals surface area contributed by atoms with Crippen LogP contribution in [0.3, 0.4) is 0 Å². The zero-order valence-electron chi connectivity index (χ0n) is 10.3. The number of anilines is 1. The number of aryl methyl sites for hydroxylation is 1. The molecule has 106 valence electrons. The summed E-state index contributed by atoms with van der Waals surface area (Å²) in [4.78, 5) is 3.83. The molecule has 0 saturated heterocycles. The number of rotatable bonds is 2. The summed E-state index contributed by atoms with van der Waals surface area (Å²) in [5, 5.41) is 0. The lowest BCUT2D eigenvalue weighted by atomic mass is 10.2. The van der Waals surface area contributed by atoms with Gasteiger partial charge in [0.1, 0.15) is 11.6 Å². The molecule has 0 aliphatic carbocycles. The van der Waals surface area contributed by atoms with Crippen LogP contribution in [-0.4, -0.2) is 4.98 Å². The highest BCUT2D eigenvalue weighted by molar-refractivity contribution is 5.55. The van der Waals surface area contributed by atoms with Gasteiger partial charge in [-0.3, -0.25) is 0 Å². The lowest BCUT2D eigenvalue weighted by molar-refractivity contribution is -0.140. The number of aromatic nitrogens is 1. The molecule has 0 bridgehead atoms. The molecular formula is C13H10F4N2O. The Hall–Kier alpha value is -2.31. The van der Waals surface area contributed by atoms with Crippen LogP contribution in [0.4, 0.5) is 23.2 Å². The van der Waals surface area contributed by atoms with Crippen molar-refractivity contribution in [1.82, 2.24) is 4.98 Å². The number of alkyl halides is 3. The average Bonchev–Trinajstić information content (AvgIpc) is 2.36. The predicted octanol–water partition coefficient (Wildman–Crippen LogP) is 3.92. The van der Waals surface area contributed by atoms with Crippen LogP contribution >= 0.6 is 0 Å². The summed E-state index contributed by atoms with van der Waals surface area (Å²) in [7, 11) is 0. The van der Waals surface area contributed by atoms with Crippen molar-refractivity contribution in [3.63, 3.8) is 0 Å². The Morgan fingerprint density at radius 1 is 1.20 bits per heavy atom. The Kier molecular flexibility index (Phi) is 3.52. The van der Waals surface area contributed by atoms with Gasteiger partial charge >= 0.3 is 6.18 Å². The number of halogens is 4. The second kappa shape index (κ2) is 4.99. The molecule has 20 heavy (non-hydrogen) atoms. The highest BCUT2D eigenvalue weighted by Gasteiger charge is 2.34. The van der Waals surface area contributed by atoms with Crippen molar-refractivity contribution in [2.45, 2.75) is 13.1 Å². The van der Waals surface area contributed by atoms with E-state index in [0.29, 0.717) is 17.7 Å². The second-order valence-corrected chi connectivity index (χ2v) is 4.09. The van der Waals surface area contributed by atoms with Crippen molar-refractivity contribution in [3.8, 4) is 11.6 Å². The molecule has 0 radical (unpaired) electrons. The van der Waals surface area contributed by atoms with E-state index in [-0.39, 0.29) is 17.3 Å². The highest BCUT2D eigenvalue weighted by atomic mass is 19.4. The van der Waals surface area contributed by atoms with E-state index in [0.717, 1.165) is 6.07 Å². The Balaban J connectivity index is 2.38. The number of pyridine rings is 1. The first-order valence-corrected chi connectivity index (χ1v) is 5.54. The molecule has 0 spiro atoms. The molecule has 1 heterocycles. The summed E-state index contributed by atoms with van der Waals surface area (Å²) in [6.07, 6.45) is -3.38. The first kappa shape index (κ1) is 14.1. The van der Waals surface area contributed by atoms with E-state index >= 15 is 0 Å². The van der Waals surface area contributed by atoms with Crippen LogP contribution in [0, 0.1) is 12.7 Å². The zero-order valence-corrected chi connectivity index (χ0v) is 10.3. The molecule has 2 aromatic rings. The van der Waals surface area contributed by atoms with E-state index in [2.05, 4.69) is 4.98 Å². The number of nitrogens with two attached hydrogens (primary N) is 1. The van der Waals surface area contributed by atoms with Gasteiger partial charge in [0.2, 0.25) is 5.88 Å². The fourth-order valence-electron chi connectivity index (χ4n) is 1.52. The van der Waals surface area contributed by atoms with E-state index in [1.165, 1.54) is 6.20 Å². The summed E-state index contributed by atoms with van der Waals surface area (Å²) in [6.45, 7) is 1.70. The number of hydrogen-bond acceptors (Lipinski definition) is 3. The smallest absolute Gasteiger partial charge is 0.419 e. The van der Waals surface area contributed by atoms with Crippen LogP contribution in [-0.2, 0) is 6.18 Å². The van der Waals surface area contributed by atoms with E-state index in [1.54, 1.807) is 13.0 Å². The van der Waals surface area contributed by atoms with Gasteiger partial charge in [-0.1, -0.05) is 0 Å². The molecular weight excluding hydrogens is 276 g/mol. The monoisotopic (exact) mass is 286 g/mol. The van der Waals surface area contributed by atoms with Crippen molar-refractivity contribution < 1.29 is 22.3 Å². The Morgan fingerprint density at radius 3 is 2.55 bits per heavy atom. The molecule has 0 unspecified atom stereocenters. The lowest BCUT2D eigenvalue weighted by Gasteiger charge is -2.12. The van der Waals surface area contributed by atoms with Gasteiger partial charge in [-0.15, -0.1) is 0 Å². The van der Waals surface area contributed by atoms with Gasteiger partial charge in [-0.2, -0.15) is 13.2 Å². The Labute approximate surface area is 112 Å². The molecule has 1 aromatic heterocycles. The van der Waals surface area contributed by atoms with Crippen molar-refractivity contribution in [2.75, 3.05) is 5.73 Å². The molecule has 1 aromatic carbocycles. The SMILES string of the molecule is Cc1ccnc(Oc2ccc(F)c(C(F)(F)F)c2)c1N. The topological polar surface area (TPSA) is 48.1 Å². The summed E-state index contributed by atoms with van der Waals surface area (Å²) >= 11 is 0. The van der Waals surface area contributed by atoms with Gasteiger partial charge < -0.3 is 10.5 Å². The number of ether oxygens (including phenoxy) is 1. The summed E-state index contributed by atoms with van der Waals surface area (Å²) in [6, 6.07) is 3.96. The minimum atomic E-state index is -4.80. The molecule has 3 nitrogen and oxygen atoms in total. The van der Waals surface area contributed by atoms with E-state index < -0.39 is 17.6 Å². The largest absolute Gasteiger partial charge is 0.437 e. The maximum absolute atomic E-state index is 13.1. The molecule has 0 aliphatic heterocycles. The summed E-state index contributed by atoms with van der Waals surface area (Å²) in [5.41, 5.74) is 5.19. The average molecular weight is 286 g/mol. The lowest BCUT2D eigenvalue weighted by Crippen LogP contribution is -2.08. The quantitative estimate of drug-likeness (QED) is 0.851. The first-order valence-electron chi connectivity index (χ1n) is 5.54. The van der Waals surface area contributed by atoms with Gasteiger partial charge in [0.25, 0.3) is 0 Å². The van der Waals surface area contributed by atoms with Crippen molar-refractivity contribution >= 4 is 5.69 Å². The zero-order chi connectivity index (χ0) is 14.9. The first-order chi connectivity index (χ1) is 9.29. The minimum Gasteiger partial charge on any atom is -0.437 e. The number of benzene rings is 1. The van der Waals surface area contributed by atoms with Crippen molar-refractivity contribution in [2.24, 2.45) is 0 Å². The van der Waals surface area contributed by atoms with Crippen LogP contribution in [0.2, 0.25) is 0 Å². The molecule has 0 amide bonds. The number of nitrogens with zero attached hydrogens (tertiary/aromatic N) is 1. The number of nitrogen functional groups attached to an aromatic ring is 1. The van der Waals surface area contributed by atoms with E-state index in [1.807, 2.05) is 0 Å². The molecule has 0 fully saturated rings. The minimum absolute atomic E-state index is 0.0234. The van der Waals surface area contributed by atoms with E-state index in [9.17, 15) is 17.6 Å². The molecule has 2 rings (SSSR count). The fraction of sp³-hybridized carbons (Fsp3) is 0.154. The van der Waals surface area contributed by atoms with E-state index in [4.69, 9.17) is 10.5 Å². The molecule has 0 atom stereocenters. The third kappa shape index (κ3) is 2.81. The molecule has 0 aliphatic rings. The van der Waals surface area contributed by atoms with Crippen LogP contribution in [0.5, 0.6) is 11.6 Å². The third-order valence-electron chi connectivity index (χ3n) is 2.63. The Bertz CT molecular complexity index is 641.